The van der Waals surface area contributed by atoms with Crippen molar-refractivity contribution in [3.8, 4) is 0 Å². The van der Waals surface area contributed by atoms with Crippen LogP contribution in [0.2, 0.25) is 0 Å². The van der Waals surface area contributed by atoms with Gasteiger partial charge in [-0.3, -0.25) is 4.79 Å². The quantitative estimate of drug-likeness (QED) is 0.786. The molecule has 1 aliphatic carbocycles. The topological polar surface area (TPSA) is 32.3 Å². The average molecular weight is 268 g/mol. The number of nitrogens with zero attached hydrogens (tertiary/aromatic N) is 1. The molecule has 18 heavy (non-hydrogen) atoms. The Hall–Kier alpha value is -0.220. The number of hydrogen-bond acceptors (Lipinski definition) is 3. The first kappa shape index (κ1) is 12.8. The SMILES string of the molecule is O=C(C1CSCCN1)N1CCC2CCCCC2C1. The van der Waals surface area contributed by atoms with Crippen LogP contribution in [0.3, 0.4) is 0 Å². The molecule has 0 spiro atoms. The lowest BCUT2D eigenvalue weighted by atomic mass is 9.75. The van der Waals surface area contributed by atoms with E-state index in [0.29, 0.717) is 5.91 Å². The number of amides is 1. The van der Waals surface area contributed by atoms with E-state index in [0.717, 1.165) is 43.0 Å². The molecule has 0 aromatic heterocycles. The highest BCUT2D eigenvalue weighted by atomic mass is 32.2. The van der Waals surface area contributed by atoms with Crippen molar-refractivity contribution in [1.29, 1.82) is 0 Å². The summed E-state index contributed by atoms with van der Waals surface area (Å²) in [6.45, 7) is 3.02. The molecule has 3 nitrogen and oxygen atoms in total. The van der Waals surface area contributed by atoms with Crippen molar-refractivity contribution < 1.29 is 4.79 Å². The summed E-state index contributed by atoms with van der Waals surface area (Å²) in [6, 6.07) is 0.0869. The lowest BCUT2D eigenvalue weighted by Crippen LogP contribution is -2.54. The van der Waals surface area contributed by atoms with Crippen molar-refractivity contribution in [3.05, 3.63) is 0 Å². The van der Waals surface area contributed by atoms with E-state index >= 15 is 0 Å². The molecule has 2 aliphatic heterocycles. The van der Waals surface area contributed by atoms with E-state index in [1.807, 2.05) is 11.8 Å². The molecular formula is C14H24N2OS. The van der Waals surface area contributed by atoms with Crippen molar-refractivity contribution in [1.82, 2.24) is 10.2 Å². The Morgan fingerprint density at radius 1 is 1.17 bits per heavy atom. The first-order valence-electron chi connectivity index (χ1n) is 7.44. The molecule has 1 saturated carbocycles. The Morgan fingerprint density at radius 3 is 2.78 bits per heavy atom. The normalized spacial score (nSPS) is 37.1. The van der Waals surface area contributed by atoms with E-state index in [2.05, 4.69) is 10.2 Å². The maximum absolute atomic E-state index is 12.5. The molecule has 2 heterocycles. The van der Waals surface area contributed by atoms with Gasteiger partial charge >= 0.3 is 0 Å². The summed E-state index contributed by atoms with van der Waals surface area (Å²) < 4.78 is 0. The number of hydrogen-bond donors (Lipinski definition) is 1. The van der Waals surface area contributed by atoms with Crippen LogP contribution in [-0.2, 0) is 4.79 Å². The van der Waals surface area contributed by atoms with Crippen LogP contribution in [0.4, 0.5) is 0 Å². The van der Waals surface area contributed by atoms with E-state index in [9.17, 15) is 4.79 Å². The molecule has 0 bridgehead atoms. The molecule has 3 aliphatic rings. The molecule has 3 rings (SSSR count). The van der Waals surface area contributed by atoms with Crippen molar-refractivity contribution in [3.63, 3.8) is 0 Å². The number of fused-ring (bicyclic) bond motifs is 1. The number of thioether (sulfide) groups is 1. The van der Waals surface area contributed by atoms with Crippen molar-refractivity contribution >= 4 is 17.7 Å². The second-order valence-electron chi connectivity index (χ2n) is 5.96. The molecule has 3 fully saturated rings. The lowest BCUT2D eigenvalue weighted by Gasteiger charge is -2.42. The minimum atomic E-state index is 0.0869. The minimum Gasteiger partial charge on any atom is -0.341 e. The number of nitrogens with one attached hydrogen (secondary N) is 1. The van der Waals surface area contributed by atoms with Gasteiger partial charge < -0.3 is 10.2 Å². The smallest absolute Gasteiger partial charge is 0.240 e. The average Bonchev–Trinajstić information content (AvgIpc) is 2.47. The number of likely N-dealkylation sites (tertiary alicyclic amines) is 1. The molecule has 0 aromatic carbocycles. The summed E-state index contributed by atoms with van der Waals surface area (Å²) in [5, 5.41) is 3.38. The Bertz CT molecular complexity index is 304. The summed E-state index contributed by atoms with van der Waals surface area (Å²) in [5.41, 5.74) is 0. The van der Waals surface area contributed by atoms with Crippen LogP contribution < -0.4 is 5.32 Å². The summed E-state index contributed by atoms with van der Waals surface area (Å²) >= 11 is 1.91. The van der Waals surface area contributed by atoms with Crippen LogP contribution in [0.25, 0.3) is 0 Å². The van der Waals surface area contributed by atoms with Crippen molar-refractivity contribution in [2.24, 2.45) is 11.8 Å². The van der Waals surface area contributed by atoms with E-state index in [-0.39, 0.29) is 6.04 Å². The third-order valence-electron chi connectivity index (χ3n) is 4.82. The maximum Gasteiger partial charge on any atom is 0.240 e. The van der Waals surface area contributed by atoms with Crippen LogP contribution in [0.1, 0.15) is 32.1 Å². The second kappa shape index (κ2) is 5.83. The number of rotatable bonds is 1. The van der Waals surface area contributed by atoms with Gasteiger partial charge in [-0.2, -0.15) is 11.8 Å². The van der Waals surface area contributed by atoms with Crippen molar-refractivity contribution in [2.75, 3.05) is 31.1 Å². The summed E-state index contributed by atoms with van der Waals surface area (Å²) in [5.74, 6) is 4.19. The zero-order valence-electron chi connectivity index (χ0n) is 11.1. The molecule has 1 amide bonds. The molecule has 2 saturated heterocycles. The Balaban J connectivity index is 1.57. The molecule has 0 aromatic rings. The predicted octanol–water partition coefficient (Wildman–Crippen LogP) is 1.73. The predicted molar refractivity (Wildman–Crippen MR) is 75.8 cm³/mol. The Labute approximate surface area is 114 Å². The maximum atomic E-state index is 12.5. The molecule has 4 heteroatoms. The summed E-state index contributed by atoms with van der Waals surface area (Å²) in [7, 11) is 0. The van der Waals surface area contributed by atoms with Crippen LogP contribution in [0, 0.1) is 11.8 Å². The zero-order valence-corrected chi connectivity index (χ0v) is 11.9. The van der Waals surface area contributed by atoms with Gasteiger partial charge in [0.2, 0.25) is 5.91 Å². The van der Waals surface area contributed by atoms with Crippen LogP contribution in [0.15, 0.2) is 0 Å². The third kappa shape index (κ3) is 2.69. The zero-order chi connectivity index (χ0) is 12.4. The fraction of sp³-hybridized carbons (Fsp3) is 0.929. The van der Waals surface area contributed by atoms with E-state index in [1.165, 1.54) is 32.1 Å². The first-order chi connectivity index (χ1) is 8.84. The van der Waals surface area contributed by atoms with Gasteiger partial charge in [-0.05, 0) is 24.7 Å². The van der Waals surface area contributed by atoms with Gasteiger partial charge in [-0.1, -0.05) is 19.3 Å². The molecule has 1 N–H and O–H groups in total. The molecular weight excluding hydrogens is 244 g/mol. The second-order valence-corrected chi connectivity index (χ2v) is 7.11. The minimum absolute atomic E-state index is 0.0869. The van der Waals surface area contributed by atoms with Gasteiger partial charge in [0.15, 0.2) is 0 Å². The largest absolute Gasteiger partial charge is 0.341 e. The molecule has 0 radical (unpaired) electrons. The van der Waals surface area contributed by atoms with Gasteiger partial charge in [-0.15, -0.1) is 0 Å². The summed E-state index contributed by atoms with van der Waals surface area (Å²) in [4.78, 5) is 14.6. The van der Waals surface area contributed by atoms with E-state index in [1.54, 1.807) is 0 Å². The lowest BCUT2D eigenvalue weighted by molar-refractivity contribution is -0.136. The highest BCUT2D eigenvalue weighted by Crippen LogP contribution is 2.36. The van der Waals surface area contributed by atoms with Crippen LogP contribution in [-0.4, -0.2) is 48.0 Å². The highest BCUT2D eigenvalue weighted by molar-refractivity contribution is 7.99. The summed E-state index contributed by atoms with van der Waals surface area (Å²) in [6.07, 6.45) is 6.79. The van der Waals surface area contributed by atoms with Gasteiger partial charge in [0.25, 0.3) is 0 Å². The van der Waals surface area contributed by atoms with Crippen molar-refractivity contribution in [2.45, 2.75) is 38.1 Å². The molecule has 102 valence electrons. The van der Waals surface area contributed by atoms with Gasteiger partial charge in [0.1, 0.15) is 0 Å². The van der Waals surface area contributed by atoms with Gasteiger partial charge in [0.05, 0.1) is 6.04 Å². The fourth-order valence-electron chi connectivity index (χ4n) is 3.75. The van der Waals surface area contributed by atoms with E-state index in [4.69, 9.17) is 0 Å². The number of carbonyl (C=O) groups is 1. The van der Waals surface area contributed by atoms with Crippen LogP contribution in [0.5, 0.6) is 0 Å². The van der Waals surface area contributed by atoms with Gasteiger partial charge in [-0.25, -0.2) is 0 Å². The first-order valence-corrected chi connectivity index (χ1v) is 8.60. The highest BCUT2D eigenvalue weighted by Gasteiger charge is 2.35. The third-order valence-corrected chi connectivity index (χ3v) is 5.88. The number of piperidine rings is 1. The van der Waals surface area contributed by atoms with E-state index < -0.39 is 0 Å². The fourth-order valence-corrected chi connectivity index (χ4v) is 4.67. The number of carbonyl (C=O) groups excluding carboxylic acids is 1. The standard InChI is InChI=1S/C14H24N2OS/c17-14(13-10-18-8-6-15-13)16-7-5-11-3-1-2-4-12(11)9-16/h11-13,15H,1-10H2. The van der Waals surface area contributed by atoms with Crippen LogP contribution >= 0.6 is 11.8 Å². The monoisotopic (exact) mass is 268 g/mol. The Kier molecular flexibility index (Phi) is 4.14. The van der Waals surface area contributed by atoms with Gasteiger partial charge in [0, 0.05) is 31.1 Å². The molecule has 3 atom stereocenters. The Morgan fingerprint density at radius 2 is 2.00 bits per heavy atom. The molecule has 3 unspecified atom stereocenters.